The average Bonchev–Trinajstić information content (AvgIpc) is 2.57. The quantitative estimate of drug-likeness (QED) is 0.770. The number of rotatable bonds is 4. The van der Waals surface area contributed by atoms with E-state index >= 15 is 0 Å². The summed E-state index contributed by atoms with van der Waals surface area (Å²) in [5.74, 6) is 0.658. The van der Waals surface area contributed by atoms with Gasteiger partial charge in [-0.25, -0.2) is 4.99 Å². The minimum atomic E-state index is -0.451. The van der Waals surface area contributed by atoms with Gasteiger partial charge in [0.15, 0.2) is 0 Å². The van der Waals surface area contributed by atoms with Crippen LogP contribution in [0.15, 0.2) is 28.2 Å². The van der Waals surface area contributed by atoms with Crippen molar-refractivity contribution >= 4 is 29.2 Å². The van der Waals surface area contributed by atoms with Gasteiger partial charge in [0.2, 0.25) is 17.8 Å². The first-order valence-corrected chi connectivity index (χ1v) is 9.35. The number of carbonyl (C=O) groups excluding carboxylic acids is 1. The number of hydrogen-bond donors (Lipinski definition) is 3. The van der Waals surface area contributed by atoms with Crippen LogP contribution in [0.2, 0.25) is 0 Å². The normalized spacial score (nSPS) is 19.1. The van der Waals surface area contributed by atoms with Crippen LogP contribution < -0.4 is 21.7 Å². The zero-order chi connectivity index (χ0) is 18.7. The van der Waals surface area contributed by atoms with Crippen molar-refractivity contribution in [1.82, 2.24) is 0 Å². The Balaban J connectivity index is 1.92. The molecule has 0 radical (unpaired) electrons. The predicted octanol–water partition coefficient (Wildman–Crippen LogP) is 2.84. The molecule has 5 N–H and O–H groups in total. The van der Waals surface area contributed by atoms with E-state index in [2.05, 4.69) is 15.3 Å². The summed E-state index contributed by atoms with van der Waals surface area (Å²) >= 11 is 0. The van der Waals surface area contributed by atoms with Crippen LogP contribution in [0.5, 0.6) is 0 Å². The summed E-state index contributed by atoms with van der Waals surface area (Å²) in [7, 11) is 0. The van der Waals surface area contributed by atoms with Crippen molar-refractivity contribution < 1.29 is 4.79 Å². The molecule has 0 atom stereocenters. The molecule has 1 aromatic rings. The lowest BCUT2D eigenvalue weighted by Crippen LogP contribution is -2.58. The van der Waals surface area contributed by atoms with Crippen LogP contribution in [0.25, 0.3) is 0 Å². The SMILES string of the molecule is CCCC(=O)Nc1ccc(N2C(N)=NC(N)=NC23CCCCC3)cc1C. The molecule has 0 aromatic heterocycles. The van der Waals surface area contributed by atoms with E-state index in [1.54, 1.807) is 0 Å². The number of aliphatic imine (C=N–C) groups is 2. The van der Waals surface area contributed by atoms with E-state index in [4.69, 9.17) is 11.5 Å². The largest absolute Gasteiger partial charge is 0.369 e. The number of nitrogens with zero attached hydrogens (tertiary/aromatic N) is 3. The Morgan fingerprint density at radius 2 is 2.00 bits per heavy atom. The predicted molar refractivity (Wildman–Crippen MR) is 106 cm³/mol. The fraction of sp³-hybridized carbons (Fsp3) is 0.526. The van der Waals surface area contributed by atoms with Gasteiger partial charge in [0.25, 0.3) is 0 Å². The molecule has 26 heavy (non-hydrogen) atoms. The maximum atomic E-state index is 11.9. The molecule has 1 aliphatic heterocycles. The number of nitrogens with one attached hydrogen (secondary N) is 1. The van der Waals surface area contributed by atoms with E-state index in [-0.39, 0.29) is 11.9 Å². The third-order valence-electron chi connectivity index (χ3n) is 5.07. The second-order valence-corrected chi connectivity index (χ2v) is 7.12. The van der Waals surface area contributed by atoms with Crippen LogP contribution in [-0.2, 0) is 4.79 Å². The molecule has 7 nitrogen and oxygen atoms in total. The molecule has 3 rings (SSSR count). The highest BCUT2D eigenvalue weighted by Gasteiger charge is 2.42. The fourth-order valence-corrected chi connectivity index (χ4v) is 3.86. The Labute approximate surface area is 154 Å². The lowest BCUT2D eigenvalue weighted by atomic mass is 9.87. The highest BCUT2D eigenvalue weighted by molar-refractivity contribution is 6.05. The second kappa shape index (κ2) is 7.35. The lowest BCUT2D eigenvalue weighted by Gasteiger charge is -2.45. The Morgan fingerprint density at radius 3 is 2.65 bits per heavy atom. The van der Waals surface area contributed by atoms with Gasteiger partial charge in [-0.05, 0) is 62.8 Å². The van der Waals surface area contributed by atoms with Gasteiger partial charge in [-0.1, -0.05) is 13.3 Å². The number of amides is 1. The van der Waals surface area contributed by atoms with E-state index in [0.29, 0.717) is 12.4 Å². The molecular weight excluding hydrogens is 328 g/mol. The van der Waals surface area contributed by atoms with E-state index < -0.39 is 5.66 Å². The summed E-state index contributed by atoms with van der Waals surface area (Å²) in [6, 6.07) is 5.91. The van der Waals surface area contributed by atoms with E-state index in [1.165, 1.54) is 6.42 Å². The van der Waals surface area contributed by atoms with Crippen LogP contribution in [0.3, 0.4) is 0 Å². The number of hydrogen-bond acceptors (Lipinski definition) is 6. The Bertz CT molecular complexity index is 748. The van der Waals surface area contributed by atoms with Crippen LogP contribution >= 0.6 is 0 Å². The van der Waals surface area contributed by atoms with Gasteiger partial charge in [-0.3, -0.25) is 9.69 Å². The van der Waals surface area contributed by atoms with Gasteiger partial charge in [0.1, 0.15) is 5.66 Å². The maximum absolute atomic E-state index is 11.9. The number of guanidine groups is 2. The number of nitrogens with two attached hydrogens (primary N) is 2. The van der Waals surface area contributed by atoms with Crippen LogP contribution in [0, 0.1) is 6.92 Å². The second-order valence-electron chi connectivity index (χ2n) is 7.12. The third kappa shape index (κ3) is 3.52. The lowest BCUT2D eigenvalue weighted by molar-refractivity contribution is -0.116. The molecule has 140 valence electrons. The Hall–Kier alpha value is -2.57. The molecule has 0 bridgehead atoms. The van der Waals surface area contributed by atoms with Gasteiger partial charge in [-0.15, -0.1) is 0 Å². The van der Waals surface area contributed by atoms with Crippen molar-refractivity contribution in [3.63, 3.8) is 0 Å². The van der Waals surface area contributed by atoms with Gasteiger partial charge in [-0.2, -0.15) is 4.99 Å². The summed E-state index contributed by atoms with van der Waals surface area (Å²) in [5.41, 5.74) is 14.5. The number of benzene rings is 1. The molecule has 1 aliphatic carbocycles. The molecule has 2 aliphatic rings. The standard InChI is InChI=1S/C19H28N6O/c1-3-7-16(26)22-15-9-8-14(12-13(15)2)25-18(21)23-17(20)24-19(25)10-5-4-6-11-19/h8-9,12H,3-7,10-11H2,1-2H3,(H,22,26)(H4,20,21,23,24). The average molecular weight is 356 g/mol. The smallest absolute Gasteiger partial charge is 0.224 e. The molecule has 1 amide bonds. The summed E-state index contributed by atoms with van der Waals surface area (Å²) in [5, 5.41) is 2.96. The summed E-state index contributed by atoms with van der Waals surface area (Å²) < 4.78 is 0. The molecule has 1 fully saturated rings. The zero-order valence-corrected chi connectivity index (χ0v) is 15.6. The zero-order valence-electron chi connectivity index (χ0n) is 15.6. The molecule has 7 heteroatoms. The molecular formula is C19H28N6O. The van der Waals surface area contributed by atoms with E-state index in [1.807, 2.05) is 36.9 Å². The first kappa shape index (κ1) is 18.2. The summed E-state index contributed by atoms with van der Waals surface area (Å²) in [6.45, 7) is 3.97. The molecule has 1 aromatic carbocycles. The monoisotopic (exact) mass is 356 g/mol. The van der Waals surface area contributed by atoms with Gasteiger partial charge in [0.05, 0.1) is 0 Å². The van der Waals surface area contributed by atoms with Gasteiger partial charge in [0, 0.05) is 17.8 Å². The first-order valence-electron chi connectivity index (χ1n) is 9.35. The van der Waals surface area contributed by atoms with Crippen molar-refractivity contribution in [2.45, 2.75) is 64.5 Å². The third-order valence-corrected chi connectivity index (χ3v) is 5.07. The van der Waals surface area contributed by atoms with Gasteiger partial charge < -0.3 is 16.8 Å². The Kier molecular flexibility index (Phi) is 5.15. The van der Waals surface area contributed by atoms with Crippen molar-refractivity contribution in [3.05, 3.63) is 23.8 Å². The molecule has 1 spiro atoms. The van der Waals surface area contributed by atoms with Crippen molar-refractivity contribution in [1.29, 1.82) is 0 Å². The van der Waals surface area contributed by atoms with E-state index in [0.717, 1.165) is 49.0 Å². The Morgan fingerprint density at radius 1 is 1.27 bits per heavy atom. The van der Waals surface area contributed by atoms with Crippen LogP contribution in [0.4, 0.5) is 11.4 Å². The fourth-order valence-electron chi connectivity index (χ4n) is 3.86. The number of aryl methyl sites for hydroxylation is 1. The minimum absolute atomic E-state index is 0.0310. The number of anilines is 2. The summed E-state index contributed by atoms with van der Waals surface area (Å²) in [4.78, 5) is 22.8. The molecule has 0 saturated heterocycles. The molecule has 1 saturated carbocycles. The van der Waals surface area contributed by atoms with Gasteiger partial charge >= 0.3 is 0 Å². The first-order chi connectivity index (χ1) is 12.4. The molecule has 0 unspecified atom stereocenters. The maximum Gasteiger partial charge on any atom is 0.224 e. The highest BCUT2D eigenvalue weighted by atomic mass is 16.1. The topological polar surface area (TPSA) is 109 Å². The number of carbonyl (C=O) groups is 1. The van der Waals surface area contributed by atoms with Crippen LogP contribution in [0.1, 0.15) is 57.4 Å². The van der Waals surface area contributed by atoms with Crippen molar-refractivity contribution in [2.24, 2.45) is 21.5 Å². The van der Waals surface area contributed by atoms with Crippen molar-refractivity contribution in [3.8, 4) is 0 Å². The summed E-state index contributed by atoms with van der Waals surface area (Å²) in [6.07, 6.45) is 6.52. The van der Waals surface area contributed by atoms with E-state index in [9.17, 15) is 4.79 Å². The molecule has 1 heterocycles. The van der Waals surface area contributed by atoms with Crippen LogP contribution in [-0.4, -0.2) is 23.5 Å². The highest BCUT2D eigenvalue weighted by Crippen LogP contribution is 2.40. The van der Waals surface area contributed by atoms with Crippen molar-refractivity contribution in [2.75, 3.05) is 10.2 Å². The minimum Gasteiger partial charge on any atom is -0.369 e.